The minimum atomic E-state index is -4.30. The highest BCUT2D eigenvalue weighted by Gasteiger charge is 2.37. The quantitative estimate of drug-likeness (QED) is 0.0791. The number of phenols is 1. The number of halogens is 2. The summed E-state index contributed by atoms with van der Waals surface area (Å²) < 4.78 is 117. The molecule has 4 aromatic carbocycles. The zero-order valence-corrected chi connectivity index (χ0v) is 35.6. The van der Waals surface area contributed by atoms with Crippen LogP contribution < -0.4 is 32.2 Å². The number of phenolic OH excluding ortho intramolecular Hbond substituents is 1. The van der Waals surface area contributed by atoms with E-state index in [2.05, 4.69) is 9.44 Å². The summed E-state index contributed by atoms with van der Waals surface area (Å²) in [6.07, 6.45) is 0.0503. The highest BCUT2D eigenvalue weighted by Crippen LogP contribution is 2.34. The van der Waals surface area contributed by atoms with Crippen LogP contribution in [0.5, 0.6) is 11.5 Å². The van der Waals surface area contributed by atoms with Gasteiger partial charge >= 0.3 is 26.4 Å². The fraction of sp³-hybridized carbons (Fsp3) is 0.229. The van der Waals surface area contributed by atoms with Crippen LogP contribution in [0.1, 0.15) is 23.1 Å². The van der Waals surface area contributed by atoms with Crippen LogP contribution in [-0.2, 0) is 74.1 Å². The molecule has 5 N–H and O–H groups in total. The summed E-state index contributed by atoms with van der Waals surface area (Å²) in [6, 6.07) is 17.7. The lowest BCUT2D eigenvalue weighted by atomic mass is 10.1. The van der Waals surface area contributed by atoms with Crippen LogP contribution in [0.2, 0.25) is 10.0 Å². The third kappa shape index (κ3) is 10.5. The average molecular weight is 946 g/mol. The Labute approximate surface area is 355 Å². The Morgan fingerprint density at radius 3 is 1.70 bits per heavy atom. The van der Waals surface area contributed by atoms with Gasteiger partial charge in [-0.25, -0.2) is 44.3 Å². The molecule has 2 saturated heterocycles. The molecule has 0 aliphatic carbocycles. The van der Waals surface area contributed by atoms with Gasteiger partial charge in [0.05, 0.1) is 31.2 Å². The first-order valence-corrected chi connectivity index (χ1v) is 24.1. The number of aromatic hydroxyl groups is 1. The van der Waals surface area contributed by atoms with Gasteiger partial charge in [0.15, 0.2) is 5.75 Å². The van der Waals surface area contributed by atoms with Crippen molar-refractivity contribution in [3.8, 4) is 11.5 Å². The summed E-state index contributed by atoms with van der Waals surface area (Å²) in [7, 11) is -16.4. The Morgan fingerprint density at radius 1 is 0.667 bits per heavy atom. The number of carbonyl (C=O) groups is 3. The molecule has 0 unspecified atom stereocenters. The summed E-state index contributed by atoms with van der Waals surface area (Å²) >= 11 is 11.8. The average Bonchev–Trinajstić information content (AvgIpc) is 3.61. The van der Waals surface area contributed by atoms with Gasteiger partial charge in [-0.15, -0.1) is 0 Å². The molecule has 4 aromatic rings. The van der Waals surface area contributed by atoms with E-state index in [4.69, 9.17) is 27.9 Å². The minimum Gasteiger partial charge on any atom is -0.506 e. The number of amides is 2. The minimum absolute atomic E-state index is 0.0441. The van der Waals surface area contributed by atoms with Crippen LogP contribution in [0, 0.1) is 0 Å². The fourth-order valence-corrected chi connectivity index (χ4v) is 10.8. The van der Waals surface area contributed by atoms with Crippen LogP contribution in [0.15, 0.2) is 88.7 Å². The normalized spacial score (nSPS) is 16.1. The molecule has 6 rings (SSSR count). The Kier molecular flexibility index (Phi) is 13.0. The molecule has 2 aliphatic heterocycles. The van der Waals surface area contributed by atoms with Gasteiger partial charge in [-0.05, 0) is 90.6 Å². The van der Waals surface area contributed by atoms with E-state index >= 15 is 0 Å². The number of nitrogens with one attached hydrogen (secondary N) is 4. The van der Waals surface area contributed by atoms with Crippen molar-refractivity contribution in [2.24, 2.45) is 0 Å². The first-order valence-electron chi connectivity index (χ1n) is 17.5. The topological polar surface area (TPSA) is 272 Å². The van der Waals surface area contributed by atoms with Crippen LogP contribution in [0.3, 0.4) is 0 Å². The van der Waals surface area contributed by atoms with Gasteiger partial charge in [0.2, 0.25) is 20.0 Å². The number of esters is 1. The number of anilines is 2. The molecule has 2 aliphatic rings. The molecule has 60 heavy (non-hydrogen) atoms. The molecule has 2 amide bonds. The molecule has 0 saturated carbocycles. The first-order chi connectivity index (χ1) is 28.1. The SMILES string of the molecule is O=C1CN(c2ccc(CCNS(=O)(=O)c3ccc(CCC(=O)Oc4cc(CCNS(=O)(=O)c5ccc(Cl)c(Cl)c5)ccc4N4CC(=O)NS4(=O)=O)cc3)cc2O)S(=O)(=O)N1. The number of hydrogen-bond acceptors (Lipinski definition) is 13. The molecule has 0 radical (unpaired) electrons. The second kappa shape index (κ2) is 17.5. The monoisotopic (exact) mass is 944 g/mol. The lowest BCUT2D eigenvalue weighted by Gasteiger charge is -2.19. The maximum atomic E-state index is 13.1. The van der Waals surface area contributed by atoms with Gasteiger partial charge in [-0.2, -0.15) is 16.8 Å². The molecule has 25 heteroatoms. The van der Waals surface area contributed by atoms with E-state index < -0.39 is 77.1 Å². The van der Waals surface area contributed by atoms with E-state index in [1.165, 1.54) is 78.9 Å². The van der Waals surface area contributed by atoms with Crippen molar-refractivity contribution in [1.82, 2.24) is 18.9 Å². The van der Waals surface area contributed by atoms with Crippen molar-refractivity contribution in [2.45, 2.75) is 35.5 Å². The van der Waals surface area contributed by atoms with Gasteiger partial charge in [0.25, 0.3) is 11.8 Å². The fourth-order valence-electron chi connectivity index (χ4n) is 5.99. The Bertz CT molecular complexity index is 2830. The number of nitrogens with zero attached hydrogens (tertiary/aromatic N) is 2. The van der Waals surface area contributed by atoms with Gasteiger partial charge in [-0.1, -0.05) is 47.5 Å². The molecule has 0 aromatic heterocycles. The smallest absolute Gasteiger partial charge is 0.326 e. The van der Waals surface area contributed by atoms with E-state index in [9.17, 15) is 53.2 Å². The molecule has 2 fully saturated rings. The zero-order valence-electron chi connectivity index (χ0n) is 30.8. The van der Waals surface area contributed by atoms with Crippen molar-refractivity contribution >= 4 is 92.8 Å². The molecule has 2 heterocycles. The Morgan fingerprint density at radius 2 is 1.17 bits per heavy atom. The van der Waals surface area contributed by atoms with Crippen LogP contribution in [-0.4, -0.2) is 82.7 Å². The van der Waals surface area contributed by atoms with E-state index in [1.807, 2.05) is 4.72 Å². The number of sulfonamides is 2. The summed E-state index contributed by atoms with van der Waals surface area (Å²) in [6.45, 7) is -1.28. The Balaban J connectivity index is 1.05. The highest BCUT2D eigenvalue weighted by molar-refractivity contribution is 7.92. The third-order valence-corrected chi connectivity index (χ3v) is 15.4. The van der Waals surface area contributed by atoms with Gasteiger partial charge < -0.3 is 9.84 Å². The number of carbonyl (C=O) groups excluding carboxylic acids is 3. The highest BCUT2D eigenvalue weighted by atomic mass is 35.5. The molecule has 320 valence electrons. The second-order valence-electron chi connectivity index (χ2n) is 13.2. The lowest BCUT2D eigenvalue weighted by molar-refractivity contribution is -0.134. The Hall–Kier alpha value is -5.01. The van der Waals surface area contributed by atoms with E-state index in [1.54, 1.807) is 4.72 Å². The first kappa shape index (κ1) is 44.5. The summed E-state index contributed by atoms with van der Waals surface area (Å²) in [5, 5.41) is 10.6. The van der Waals surface area contributed by atoms with Crippen LogP contribution >= 0.6 is 23.2 Å². The van der Waals surface area contributed by atoms with Crippen molar-refractivity contribution in [3.63, 3.8) is 0 Å². The number of benzene rings is 4. The standard InChI is InChI=1S/C35H34Cl2N6O13S4/c36-27-9-8-26(19-28(27)37)58(50,51)39-16-14-24-4-11-30(43-21-34(46)41-60(43,54)55)32(18-24)56-35(47)12-5-22-1-6-25(7-2-22)57(48,49)38-15-13-23-3-10-29(31(44)17-23)42-20-33(45)40-59(42,52)53/h1-4,6-11,17-19,38-39,44H,5,12-16,20-21H2,(H,40,45)(H,41,46). The predicted octanol–water partition coefficient (Wildman–Crippen LogP) is 1.64. The lowest BCUT2D eigenvalue weighted by Crippen LogP contribution is -2.30. The van der Waals surface area contributed by atoms with Gasteiger partial charge in [0.1, 0.15) is 18.8 Å². The molecule has 19 nitrogen and oxygen atoms in total. The maximum absolute atomic E-state index is 13.1. The van der Waals surface area contributed by atoms with Gasteiger partial charge in [-0.3, -0.25) is 14.4 Å². The maximum Gasteiger partial charge on any atom is 0.326 e. The van der Waals surface area contributed by atoms with Crippen molar-refractivity contribution in [1.29, 1.82) is 0 Å². The molecule has 0 atom stereocenters. The number of hydrogen-bond donors (Lipinski definition) is 5. The van der Waals surface area contributed by atoms with E-state index in [0.717, 1.165) is 4.31 Å². The molecular formula is C35H34Cl2N6O13S4. The van der Waals surface area contributed by atoms with Crippen LogP contribution in [0.25, 0.3) is 0 Å². The zero-order chi connectivity index (χ0) is 43.6. The summed E-state index contributed by atoms with van der Waals surface area (Å²) in [5.41, 5.74) is 1.25. The number of aryl methyl sites for hydroxylation is 1. The largest absolute Gasteiger partial charge is 0.506 e. The summed E-state index contributed by atoms with van der Waals surface area (Å²) in [4.78, 5) is 36.4. The predicted molar refractivity (Wildman–Crippen MR) is 218 cm³/mol. The number of rotatable bonds is 16. The molecular weight excluding hydrogens is 912 g/mol. The van der Waals surface area contributed by atoms with Crippen molar-refractivity contribution in [2.75, 3.05) is 34.8 Å². The van der Waals surface area contributed by atoms with Crippen LogP contribution in [0.4, 0.5) is 11.4 Å². The molecule has 0 bridgehead atoms. The third-order valence-electron chi connectivity index (χ3n) is 8.93. The van der Waals surface area contributed by atoms with Crippen molar-refractivity contribution < 1.29 is 57.9 Å². The van der Waals surface area contributed by atoms with E-state index in [-0.39, 0.29) is 75.7 Å². The summed E-state index contributed by atoms with van der Waals surface area (Å²) in [5.74, 6) is -2.99. The molecule has 0 spiro atoms. The van der Waals surface area contributed by atoms with E-state index in [0.29, 0.717) is 21.0 Å². The van der Waals surface area contributed by atoms with Crippen molar-refractivity contribution in [3.05, 3.63) is 106 Å². The van der Waals surface area contributed by atoms with Gasteiger partial charge in [0, 0.05) is 19.5 Å². The number of ether oxygens (including phenoxy) is 1. The second-order valence-corrected chi connectivity index (χ2v) is 20.7.